The number of fused-ring (bicyclic) bond motifs is 1. The summed E-state index contributed by atoms with van der Waals surface area (Å²) in [6.45, 7) is 2.26. The summed E-state index contributed by atoms with van der Waals surface area (Å²) in [6, 6.07) is 4.81. The first-order chi connectivity index (χ1) is 14.9. The lowest BCUT2D eigenvalue weighted by Crippen LogP contribution is -2.43. The molecule has 1 N–H and O–H groups in total. The summed E-state index contributed by atoms with van der Waals surface area (Å²) in [7, 11) is -3.71. The van der Waals surface area contributed by atoms with E-state index in [1.807, 2.05) is 0 Å². The van der Waals surface area contributed by atoms with Gasteiger partial charge in [-0.25, -0.2) is 8.42 Å². The molecule has 0 bridgehead atoms. The third kappa shape index (κ3) is 5.23. The molecule has 3 aliphatic heterocycles. The number of ether oxygens (including phenoxy) is 2. The summed E-state index contributed by atoms with van der Waals surface area (Å²) < 4.78 is 38.3. The van der Waals surface area contributed by atoms with Crippen LogP contribution in [0.1, 0.15) is 19.3 Å². The molecule has 170 valence electrons. The quantitative estimate of drug-likeness (QED) is 0.658. The second-order valence-corrected chi connectivity index (χ2v) is 10.7. The topological polar surface area (TPSA) is 105 Å². The highest BCUT2D eigenvalue weighted by Gasteiger charge is 2.30. The maximum Gasteiger partial charge on any atom is 0.243 e. The number of rotatable bonds is 6. The van der Waals surface area contributed by atoms with Crippen molar-refractivity contribution in [2.24, 2.45) is 0 Å². The molecular formula is C20H27N3O6S2. The lowest BCUT2D eigenvalue weighted by Gasteiger charge is -2.27. The molecule has 0 aliphatic carbocycles. The number of benzene rings is 1. The first kappa shape index (κ1) is 22.5. The zero-order valence-electron chi connectivity index (χ0n) is 17.2. The normalized spacial score (nSPS) is 22.8. The third-order valence-corrected chi connectivity index (χ3v) is 8.52. The molecule has 3 aliphatic rings. The van der Waals surface area contributed by atoms with E-state index < -0.39 is 10.0 Å². The Morgan fingerprint density at radius 2 is 2.03 bits per heavy atom. The lowest BCUT2D eigenvalue weighted by atomic mass is 10.2. The van der Waals surface area contributed by atoms with Gasteiger partial charge >= 0.3 is 0 Å². The SMILES string of the molecule is O=C(CN1C(=O)CCSc2ccc(S(=O)(=O)N3CCOCC3)cc21)NCC1CCCO1. The number of carbonyl (C=O) groups excluding carboxylic acids is 2. The Hall–Kier alpha value is -1.66. The van der Waals surface area contributed by atoms with Gasteiger partial charge in [-0.2, -0.15) is 4.31 Å². The van der Waals surface area contributed by atoms with Crippen LogP contribution in [-0.2, 0) is 29.1 Å². The van der Waals surface area contributed by atoms with Crippen LogP contribution in [0.25, 0.3) is 0 Å². The van der Waals surface area contributed by atoms with Crippen molar-refractivity contribution >= 4 is 39.3 Å². The van der Waals surface area contributed by atoms with Crippen LogP contribution in [0.4, 0.5) is 5.69 Å². The molecular weight excluding hydrogens is 442 g/mol. The van der Waals surface area contributed by atoms with Crippen LogP contribution in [0.15, 0.2) is 28.0 Å². The molecule has 0 radical (unpaired) electrons. The zero-order valence-corrected chi connectivity index (χ0v) is 18.9. The highest BCUT2D eigenvalue weighted by atomic mass is 32.2. The molecule has 4 rings (SSSR count). The number of hydrogen-bond acceptors (Lipinski definition) is 7. The van der Waals surface area contributed by atoms with Crippen molar-refractivity contribution in [3.05, 3.63) is 18.2 Å². The highest BCUT2D eigenvalue weighted by molar-refractivity contribution is 7.99. The molecule has 11 heteroatoms. The Morgan fingerprint density at radius 1 is 1.23 bits per heavy atom. The monoisotopic (exact) mass is 469 g/mol. The highest BCUT2D eigenvalue weighted by Crippen LogP contribution is 2.36. The Bertz CT molecular complexity index is 927. The molecule has 2 fully saturated rings. The van der Waals surface area contributed by atoms with Crippen molar-refractivity contribution in [1.29, 1.82) is 0 Å². The van der Waals surface area contributed by atoms with Crippen LogP contribution in [0.3, 0.4) is 0 Å². The Morgan fingerprint density at radius 3 is 2.77 bits per heavy atom. The van der Waals surface area contributed by atoms with Gasteiger partial charge in [0.25, 0.3) is 0 Å². The first-order valence-electron chi connectivity index (χ1n) is 10.5. The summed E-state index contributed by atoms with van der Waals surface area (Å²) in [4.78, 5) is 27.6. The van der Waals surface area contributed by atoms with E-state index in [0.717, 1.165) is 17.7 Å². The number of morpholine rings is 1. The van der Waals surface area contributed by atoms with Gasteiger partial charge in [0.05, 0.1) is 29.9 Å². The van der Waals surface area contributed by atoms with Crippen LogP contribution >= 0.6 is 11.8 Å². The van der Waals surface area contributed by atoms with Crippen LogP contribution < -0.4 is 10.2 Å². The van der Waals surface area contributed by atoms with E-state index in [2.05, 4.69) is 5.32 Å². The molecule has 31 heavy (non-hydrogen) atoms. The van der Waals surface area contributed by atoms with Gasteiger partial charge in [-0.3, -0.25) is 9.59 Å². The van der Waals surface area contributed by atoms with Crippen molar-refractivity contribution in [2.75, 3.05) is 56.7 Å². The number of thioether (sulfide) groups is 1. The minimum absolute atomic E-state index is 0.0110. The van der Waals surface area contributed by atoms with Crippen LogP contribution in [0.2, 0.25) is 0 Å². The molecule has 1 unspecified atom stereocenters. The summed E-state index contributed by atoms with van der Waals surface area (Å²) in [5.74, 6) is 0.0951. The van der Waals surface area contributed by atoms with Crippen molar-refractivity contribution in [1.82, 2.24) is 9.62 Å². The van der Waals surface area contributed by atoms with E-state index in [4.69, 9.17) is 9.47 Å². The van der Waals surface area contributed by atoms with Crippen LogP contribution in [0.5, 0.6) is 0 Å². The maximum absolute atomic E-state index is 13.1. The van der Waals surface area contributed by atoms with E-state index in [1.54, 1.807) is 12.1 Å². The largest absolute Gasteiger partial charge is 0.379 e. The number of sulfonamides is 1. The fraction of sp³-hybridized carbons (Fsp3) is 0.600. The van der Waals surface area contributed by atoms with Gasteiger partial charge in [-0.15, -0.1) is 11.8 Å². The van der Waals surface area contributed by atoms with E-state index in [-0.39, 0.29) is 35.8 Å². The predicted molar refractivity (Wildman–Crippen MR) is 116 cm³/mol. The first-order valence-corrected chi connectivity index (χ1v) is 12.9. The third-order valence-electron chi connectivity index (χ3n) is 5.56. The Kier molecular flexibility index (Phi) is 7.17. The Balaban J connectivity index is 1.55. The van der Waals surface area contributed by atoms with Crippen molar-refractivity contribution in [2.45, 2.75) is 35.2 Å². The van der Waals surface area contributed by atoms with Gasteiger partial charge in [0.2, 0.25) is 21.8 Å². The molecule has 0 saturated carbocycles. The summed E-state index contributed by atoms with van der Waals surface area (Å²) in [5, 5.41) is 2.84. The molecule has 1 aromatic carbocycles. The molecule has 1 aromatic rings. The smallest absolute Gasteiger partial charge is 0.243 e. The number of hydrogen-bond donors (Lipinski definition) is 1. The number of amides is 2. The maximum atomic E-state index is 13.1. The number of nitrogens with zero attached hydrogens (tertiary/aromatic N) is 2. The molecule has 3 heterocycles. The minimum atomic E-state index is -3.71. The standard InChI is InChI=1S/C20H27N3O6S2/c24-19(21-13-15-2-1-8-29-15)14-23-17-12-16(3-4-18(17)30-11-5-20(23)25)31(26,27)22-6-9-28-10-7-22/h3-4,12,15H,1-2,5-11,13-14H2,(H,21,24). The van der Waals surface area contributed by atoms with Crippen LogP contribution in [0, 0.1) is 0 Å². The fourth-order valence-electron chi connectivity index (χ4n) is 3.85. The average Bonchev–Trinajstić information content (AvgIpc) is 3.25. The molecule has 0 spiro atoms. The van der Waals surface area contributed by atoms with E-state index >= 15 is 0 Å². The number of nitrogens with one attached hydrogen (secondary N) is 1. The summed E-state index contributed by atoms with van der Waals surface area (Å²) in [6.07, 6.45) is 2.18. The minimum Gasteiger partial charge on any atom is -0.379 e. The van der Waals surface area contributed by atoms with Crippen molar-refractivity contribution in [3.63, 3.8) is 0 Å². The van der Waals surface area contributed by atoms with Crippen LogP contribution in [-0.4, -0.2) is 82.4 Å². The number of carbonyl (C=O) groups is 2. The summed E-state index contributed by atoms with van der Waals surface area (Å²) in [5.41, 5.74) is 0.467. The molecule has 2 saturated heterocycles. The molecule has 0 aromatic heterocycles. The second-order valence-electron chi connectivity index (χ2n) is 7.66. The molecule has 9 nitrogen and oxygen atoms in total. The van der Waals surface area contributed by atoms with Gasteiger partial charge < -0.3 is 19.7 Å². The van der Waals surface area contributed by atoms with Gasteiger partial charge in [0, 0.05) is 43.3 Å². The van der Waals surface area contributed by atoms with Crippen molar-refractivity contribution < 1.29 is 27.5 Å². The van der Waals surface area contributed by atoms with E-state index in [0.29, 0.717) is 50.9 Å². The molecule has 1 atom stereocenters. The van der Waals surface area contributed by atoms with Gasteiger partial charge in [0.15, 0.2) is 0 Å². The predicted octanol–water partition coefficient (Wildman–Crippen LogP) is 0.832. The van der Waals surface area contributed by atoms with E-state index in [9.17, 15) is 18.0 Å². The molecule has 2 amide bonds. The Labute approximate surface area is 186 Å². The van der Waals surface area contributed by atoms with Gasteiger partial charge in [-0.05, 0) is 31.0 Å². The fourth-order valence-corrected chi connectivity index (χ4v) is 6.26. The van der Waals surface area contributed by atoms with Crippen molar-refractivity contribution in [3.8, 4) is 0 Å². The van der Waals surface area contributed by atoms with E-state index in [1.165, 1.54) is 27.0 Å². The average molecular weight is 470 g/mol. The second kappa shape index (κ2) is 9.86. The van der Waals surface area contributed by atoms with Gasteiger partial charge in [-0.1, -0.05) is 0 Å². The lowest BCUT2D eigenvalue weighted by molar-refractivity contribution is -0.124. The van der Waals surface area contributed by atoms with Gasteiger partial charge in [0.1, 0.15) is 6.54 Å². The zero-order chi connectivity index (χ0) is 21.8. The summed E-state index contributed by atoms with van der Waals surface area (Å²) >= 11 is 1.49. The number of anilines is 1.